The van der Waals surface area contributed by atoms with Gasteiger partial charge in [0.15, 0.2) is 9.84 Å². The number of hydrogen-bond acceptors (Lipinski definition) is 6. The van der Waals surface area contributed by atoms with Gasteiger partial charge in [0.05, 0.1) is 29.5 Å². The lowest BCUT2D eigenvalue weighted by Gasteiger charge is -2.14. The van der Waals surface area contributed by atoms with Crippen molar-refractivity contribution < 1.29 is 22.7 Å². The number of anilines is 1. The number of halogens is 1. The Kier molecular flexibility index (Phi) is 5.73. The van der Waals surface area contributed by atoms with Crippen molar-refractivity contribution in [2.24, 2.45) is 0 Å². The average Bonchev–Trinajstić information content (AvgIpc) is 3.08. The molecule has 0 saturated heterocycles. The maximum Gasteiger partial charge on any atom is 0.314 e. The number of aromatic nitrogens is 2. The van der Waals surface area contributed by atoms with E-state index in [-0.39, 0.29) is 30.0 Å². The van der Waals surface area contributed by atoms with E-state index < -0.39 is 21.7 Å². The molecule has 2 N–H and O–H groups in total. The van der Waals surface area contributed by atoms with Crippen molar-refractivity contribution in [3.63, 3.8) is 0 Å². The van der Waals surface area contributed by atoms with Gasteiger partial charge in [0.2, 0.25) is 0 Å². The summed E-state index contributed by atoms with van der Waals surface area (Å²) in [5, 5.41) is 9.84. The lowest BCUT2D eigenvalue weighted by molar-refractivity contribution is -0.136. The van der Waals surface area contributed by atoms with Crippen LogP contribution in [0.1, 0.15) is 18.2 Å². The van der Waals surface area contributed by atoms with Gasteiger partial charge in [0.1, 0.15) is 5.82 Å². The number of carbonyl (C=O) groups excluding carboxylic acids is 2. The summed E-state index contributed by atoms with van der Waals surface area (Å²) in [7, 11) is -1.85. The molecule has 1 aromatic carbocycles. The number of methoxy groups -OCH3 is 1. The summed E-state index contributed by atoms with van der Waals surface area (Å²) in [6.45, 7) is 1.94. The molecular formula is C17H19ClN4O5S. The Labute approximate surface area is 166 Å². The second-order valence-electron chi connectivity index (χ2n) is 6.48. The quantitative estimate of drug-likeness (QED) is 0.689. The maximum absolute atomic E-state index is 12.4. The van der Waals surface area contributed by atoms with Gasteiger partial charge in [0, 0.05) is 23.7 Å². The number of benzene rings is 1. The van der Waals surface area contributed by atoms with Gasteiger partial charge in [-0.1, -0.05) is 11.6 Å². The summed E-state index contributed by atoms with van der Waals surface area (Å²) >= 11 is 5.91. The van der Waals surface area contributed by atoms with Crippen LogP contribution in [-0.2, 0) is 35.7 Å². The van der Waals surface area contributed by atoms with Crippen molar-refractivity contribution in [1.29, 1.82) is 0 Å². The van der Waals surface area contributed by atoms with Gasteiger partial charge in [-0.3, -0.25) is 9.59 Å². The van der Waals surface area contributed by atoms with Gasteiger partial charge in [-0.2, -0.15) is 5.10 Å². The van der Waals surface area contributed by atoms with E-state index in [0.717, 1.165) is 0 Å². The van der Waals surface area contributed by atoms with Gasteiger partial charge < -0.3 is 15.4 Å². The number of carbonyl (C=O) groups is 2. The largest absolute Gasteiger partial charge is 0.383 e. The van der Waals surface area contributed by atoms with Gasteiger partial charge in [-0.15, -0.1) is 0 Å². The number of nitrogens with one attached hydrogen (secondary N) is 2. The molecule has 9 nitrogen and oxygen atoms in total. The first-order valence-corrected chi connectivity index (χ1v) is 10.6. The third-order valence-corrected chi connectivity index (χ3v) is 5.78. The molecule has 0 radical (unpaired) electrons. The van der Waals surface area contributed by atoms with Crippen LogP contribution in [0, 0.1) is 0 Å². The van der Waals surface area contributed by atoms with Gasteiger partial charge in [-0.05, 0) is 31.2 Å². The molecule has 0 unspecified atom stereocenters. The molecule has 2 heterocycles. The maximum atomic E-state index is 12.4. The van der Waals surface area contributed by atoms with Crippen LogP contribution in [-0.4, -0.2) is 49.8 Å². The molecule has 0 spiro atoms. The molecular weight excluding hydrogens is 408 g/mol. The fraction of sp³-hybridized carbons (Fsp3) is 0.353. The van der Waals surface area contributed by atoms with Crippen LogP contribution >= 0.6 is 11.6 Å². The molecule has 3 rings (SSSR count). The normalized spacial score (nSPS) is 15.7. The van der Waals surface area contributed by atoms with Crippen molar-refractivity contribution >= 4 is 39.1 Å². The predicted octanol–water partition coefficient (Wildman–Crippen LogP) is 1.04. The zero-order valence-electron chi connectivity index (χ0n) is 15.2. The Morgan fingerprint density at radius 3 is 2.57 bits per heavy atom. The van der Waals surface area contributed by atoms with Crippen molar-refractivity contribution in [2.75, 3.05) is 19.0 Å². The van der Waals surface area contributed by atoms with E-state index in [4.69, 9.17) is 16.3 Å². The summed E-state index contributed by atoms with van der Waals surface area (Å²) in [5.74, 6) is -2.11. The molecule has 2 amide bonds. The van der Waals surface area contributed by atoms with Crippen LogP contribution < -0.4 is 10.6 Å². The smallest absolute Gasteiger partial charge is 0.314 e. The molecule has 28 heavy (non-hydrogen) atoms. The molecule has 0 saturated carbocycles. The van der Waals surface area contributed by atoms with E-state index in [1.165, 1.54) is 11.8 Å². The fourth-order valence-corrected chi connectivity index (χ4v) is 4.51. The topological polar surface area (TPSA) is 119 Å². The summed E-state index contributed by atoms with van der Waals surface area (Å²) in [6.07, 6.45) is 0. The first-order chi connectivity index (χ1) is 13.2. The zero-order chi connectivity index (χ0) is 20.5. The number of amides is 2. The van der Waals surface area contributed by atoms with Crippen molar-refractivity contribution in [2.45, 2.75) is 24.5 Å². The Balaban J connectivity index is 1.91. The van der Waals surface area contributed by atoms with Crippen LogP contribution in [0.25, 0.3) is 5.69 Å². The SMILES string of the molecule is COC[C@@H](C)NC(=O)C(=O)Nc1c2c(nn1-c1ccc(Cl)cc1)CS(=O)(=O)C2. The van der Waals surface area contributed by atoms with E-state index in [1.807, 2.05) is 0 Å². The van der Waals surface area contributed by atoms with E-state index in [9.17, 15) is 18.0 Å². The molecule has 0 fully saturated rings. The molecule has 0 bridgehead atoms. The van der Waals surface area contributed by atoms with Crippen LogP contribution in [0.5, 0.6) is 0 Å². The summed E-state index contributed by atoms with van der Waals surface area (Å²) in [6, 6.07) is 6.27. The second kappa shape index (κ2) is 7.90. The van der Waals surface area contributed by atoms with Crippen LogP contribution in [0.2, 0.25) is 5.02 Å². The first kappa shape index (κ1) is 20.3. The third kappa shape index (κ3) is 4.34. The highest BCUT2D eigenvalue weighted by molar-refractivity contribution is 7.90. The Morgan fingerprint density at radius 2 is 1.93 bits per heavy atom. The van der Waals surface area contributed by atoms with E-state index in [1.54, 1.807) is 31.2 Å². The summed E-state index contributed by atoms with van der Waals surface area (Å²) in [5.41, 5.74) is 1.29. The standard InChI is InChI=1S/C17H19ClN4O5S/c1-10(7-27-2)19-16(23)17(24)20-15-13-8-28(25,26)9-14(13)21-22(15)12-5-3-11(18)4-6-12/h3-6,10H,7-9H2,1-2H3,(H,19,23)(H,20,24)/t10-/m1/s1. The van der Waals surface area contributed by atoms with E-state index >= 15 is 0 Å². The number of sulfone groups is 1. The summed E-state index contributed by atoms with van der Waals surface area (Å²) in [4.78, 5) is 24.5. The highest BCUT2D eigenvalue weighted by Gasteiger charge is 2.34. The Bertz CT molecular complexity index is 1020. The van der Waals surface area contributed by atoms with Crippen molar-refractivity contribution in [3.05, 3.63) is 40.5 Å². The highest BCUT2D eigenvalue weighted by atomic mass is 35.5. The fourth-order valence-electron chi connectivity index (χ4n) is 2.89. The Hall–Kier alpha value is -2.43. The van der Waals surface area contributed by atoms with Gasteiger partial charge in [0.25, 0.3) is 0 Å². The van der Waals surface area contributed by atoms with E-state index in [0.29, 0.717) is 22.0 Å². The predicted molar refractivity (Wildman–Crippen MR) is 103 cm³/mol. The monoisotopic (exact) mass is 426 g/mol. The molecule has 1 atom stereocenters. The number of ether oxygens (including phenoxy) is 1. The molecule has 0 aliphatic carbocycles. The van der Waals surface area contributed by atoms with E-state index in [2.05, 4.69) is 15.7 Å². The highest BCUT2D eigenvalue weighted by Crippen LogP contribution is 2.33. The van der Waals surface area contributed by atoms with Crippen LogP contribution in [0.4, 0.5) is 5.82 Å². The minimum Gasteiger partial charge on any atom is -0.383 e. The zero-order valence-corrected chi connectivity index (χ0v) is 16.8. The molecule has 2 aromatic rings. The second-order valence-corrected chi connectivity index (χ2v) is 8.98. The molecule has 1 aliphatic rings. The lowest BCUT2D eigenvalue weighted by atomic mass is 10.2. The number of fused-ring (bicyclic) bond motifs is 1. The first-order valence-electron chi connectivity index (χ1n) is 8.38. The van der Waals surface area contributed by atoms with Crippen LogP contribution in [0.3, 0.4) is 0 Å². The molecule has 150 valence electrons. The number of rotatable bonds is 5. The number of hydrogen-bond donors (Lipinski definition) is 2. The Morgan fingerprint density at radius 1 is 1.25 bits per heavy atom. The number of nitrogens with zero attached hydrogens (tertiary/aromatic N) is 2. The van der Waals surface area contributed by atoms with Gasteiger partial charge >= 0.3 is 11.8 Å². The lowest BCUT2D eigenvalue weighted by Crippen LogP contribution is -2.42. The van der Waals surface area contributed by atoms with Crippen molar-refractivity contribution in [3.8, 4) is 5.69 Å². The van der Waals surface area contributed by atoms with Crippen molar-refractivity contribution in [1.82, 2.24) is 15.1 Å². The minimum absolute atomic E-state index is 0.151. The molecule has 11 heteroatoms. The minimum atomic E-state index is -3.34. The molecule has 1 aliphatic heterocycles. The average molecular weight is 427 g/mol. The van der Waals surface area contributed by atoms with Crippen LogP contribution in [0.15, 0.2) is 24.3 Å². The van der Waals surface area contributed by atoms with Gasteiger partial charge in [-0.25, -0.2) is 13.1 Å². The summed E-state index contributed by atoms with van der Waals surface area (Å²) < 4.78 is 30.2. The third-order valence-electron chi connectivity index (χ3n) is 4.09. The molecule has 1 aromatic heterocycles.